The van der Waals surface area contributed by atoms with Crippen molar-refractivity contribution in [1.82, 2.24) is 0 Å². The molecule has 0 unspecified atom stereocenters. The Balaban J connectivity index is 1.88. The number of hydrogen-bond acceptors (Lipinski definition) is 2. The van der Waals surface area contributed by atoms with Crippen LogP contribution in [0.25, 0.3) is 0 Å². The third-order valence-electron chi connectivity index (χ3n) is 6.63. The van der Waals surface area contributed by atoms with Gasteiger partial charge in [0.25, 0.3) is 6.08 Å². The molecule has 1 heterocycles. The van der Waals surface area contributed by atoms with Gasteiger partial charge < -0.3 is 9.84 Å². The Morgan fingerprint density at radius 2 is 1.52 bits per heavy atom. The molecular weight excluding hydrogens is 394 g/mol. The number of halogens is 2. The molecule has 2 nitrogen and oxygen atoms in total. The van der Waals surface area contributed by atoms with Crippen molar-refractivity contribution < 1.29 is 18.6 Å². The van der Waals surface area contributed by atoms with E-state index in [-0.39, 0.29) is 5.60 Å². The first-order valence-electron chi connectivity index (χ1n) is 11.4. The number of fused-ring (bicyclic) bond motifs is 1. The van der Waals surface area contributed by atoms with Crippen LogP contribution in [-0.4, -0.2) is 10.7 Å². The number of aromatic hydroxyl groups is 1. The summed E-state index contributed by atoms with van der Waals surface area (Å²) in [6.07, 6.45) is 10.7. The van der Waals surface area contributed by atoms with Crippen LogP contribution < -0.4 is 4.74 Å². The molecule has 1 atom stereocenters. The summed E-state index contributed by atoms with van der Waals surface area (Å²) >= 11 is 0. The zero-order valence-corrected chi connectivity index (χ0v) is 20.0. The normalized spacial score (nSPS) is 19.1. The smallest absolute Gasteiger partial charge is 0.266 e. The minimum absolute atomic E-state index is 0.194. The molecule has 0 bridgehead atoms. The third kappa shape index (κ3) is 6.95. The maximum Gasteiger partial charge on any atom is 0.266 e. The van der Waals surface area contributed by atoms with Gasteiger partial charge in [0.05, 0.1) is 0 Å². The van der Waals surface area contributed by atoms with Gasteiger partial charge in [0.15, 0.2) is 0 Å². The van der Waals surface area contributed by atoms with Crippen molar-refractivity contribution in [3.63, 3.8) is 0 Å². The Labute approximate surface area is 186 Å². The van der Waals surface area contributed by atoms with Gasteiger partial charge in [0.1, 0.15) is 17.1 Å². The lowest BCUT2D eigenvalue weighted by atomic mass is 9.85. The summed E-state index contributed by atoms with van der Waals surface area (Å²) in [6, 6.07) is 0. The molecule has 0 fully saturated rings. The highest BCUT2D eigenvalue weighted by Crippen LogP contribution is 2.44. The van der Waals surface area contributed by atoms with Crippen LogP contribution >= 0.6 is 0 Å². The van der Waals surface area contributed by atoms with Gasteiger partial charge in [0, 0.05) is 5.56 Å². The van der Waals surface area contributed by atoms with Gasteiger partial charge in [-0.15, -0.1) is 0 Å². The fraction of sp³-hybridized carbons (Fsp3) is 0.556. The van der Waals surface area contributed by atoms with Gasteiger partial charge in [-0.25, -0.2) is 0 Å². The number of hydrogen-bond donors (Lipinski definition) is 1. The van der Waals surface area contributed by atoms with Gasteiger partial charge in [-0.2, -0.15) is 8.78 Å². The Hall–Kier alpha value is -2.10. The molecule has 0 radical (unpaired) electrons. The summed E-state index contributed by atoms with van der Waals surface area (Å²) in [4.78, 5) is 0. The molecule has 0 saturated carbocycles. The number of ether oxygens (including phenoxy) is 1. The summed E-state index contributed by atoms with van der Waals surface area (Å²) in [6.45, 7) is 12.3. The SMILES string of the molecule is C/C(=C\CC/C(C)=C/CC[C@@]1(C)CCc2c(C)c(O)c(C)c(C)c2O1)CCC=C(F)F. The third-order valence-corrected chi connectivity index (χ3v) is 6.63. The minimum atomic E-state index is -1.59. The van der Waals surface area contributed by atoms with Gasteiger partial charge in [0.2, 0.25) is 0 Å². The molecule has 1 aromatic carbocycles. The van der Waals surface area contributed by atoms with Crippen molar-refractivity contribution in [2.45, 2.75) is 98.5 Å². The summed E-state index contributed by atoms with van der Waals surface area (Å²) in [5.41, 5.74) is 6.38. The highest BCUT2D eigenvalue weighted by atomic mass is 19.3. The fourth-order valence-corrected chi connectivity index (χ4v) is 4.25. The standard InChI is InChI=1S/C27H38F2O2/c1-18(12-8-14-24(28)29)10-7-11-19(2)13-9-16-27(6)17-15-23-22(5)25(30)20(3)21(4)26(23)31-27/h10,13-14,30H,7-9,11-12,15-17H2,1-6H3/b18-10+,19-13+/t27-/m0/s1. The average Bonchev–Trinajstić information content (AvgIpc) is 2.70. The largest absolute Gasteiger partial charge is 0.507 e. The predicted molar refractivity (Wildman–Crippen MR) is 125 cm³/mol. The van der Waals surface area contributed by atoms with Crippen LogP contribution in [-0.2, 0) is 6.42 Å². The topological polar surface area (TPSA) is 29.5 Å². The minimum Gasteiger partial charge on any atom is -0.507 e. The maximum absolute atomic E-state index is 12.1. The molecule has 172 valence electrons. The molecule has 31 heavy (non-hydrogen) atoms. The monoisotopic (exact) mass is 432 g/mol. The zero-order chi connectivity index (χ0) is 23.2. The van der Waals surface area contributed by atoms with Crippen molar-refractivity contribution in [3.05, 3.63) is 57.7 Å². The van der Waals surface area contributed by atoms with E-state index in [2.05, 4.69) is 26.0 Å². The zero-order valence-electron chi connectivity index (χ0n) is 20.0. The molecule has 0 saturated heterocycles. The van der Waals surface area contributed by atoms with E-state index in [0.29, 0.717) is 18.6 Å². The first kappa shape index (κ1) is 25.2. The van der Waals surface area contributed by atoms with Gasteiger partial charge in [-0.05, 0) is 116 Å². The predicted octanol–water partition coefficient (Wildman–Crippen LogP) is 8.41. The van der Waals surface area contributed by atoms with E-state index >= 15 is 0 Å². The van der Waals surface area contributed by atoms with E-state index in [1.807, 2.05) is 27.7 Å². The van der Waals surface area contributed by atoms with Crippen LogP contribution in [0.4, 0.5) is 8.78 Å². The van der Waals surface area contributed by atoms with E-state index in [0.717, 1.165) is 72.6 Å². The fourth-order valence-electron chi connectivity index (χ4n) is 4.25. The number of phenolic OH excluding ortho intramolecular Hbond substituents is 1. The lowest BCUT2D eigenvalue weighted by Gasteiger charge is -2.38. The van der Waals surface area contributed by atoms with Crippen molar-refractivity contribution in [2.75, 3.05) is 0 Å². The molecule has 0 aliphatic carbocycles. The Morgan fingerprint density at radius 3 is 2.13 bits per heavy atom. The van der Waals surface area contributed by atoms with Crippen LogP contribution in [0.1, 0.15) is 88.0 Å². The second-order valence-electron chi connectivity index (χ2n) is 9.29. The van der Waals surface area contributed by atoms with Crippen molar-refractivity contribution in [3.8, 4) is 11.5 Å². The molecule has 0 spiro atoms. The number of rotatable bonds is 9. The average molecular weight is 433 g/mol. The van der Waals surface area contributed by atoms with Crippen molar-refractivity contribution in [1.29, 1.82) is 0 Å². The molecule has 0 amide bonds. The molecule has 0 aromatic heterocycles. The first-order chi connectivity index (χ1) is 14.5. The summed E-state index contributed by atoms with van der Waals surface area (Å²) in [5, 5.41) is 10.3. The molecule has 1 aliphatic heterocycles. The molecule has 1 aliphatic rings. The van der Waals surface area contributed by atoms with Gasteiger partial charge in [-0.3, -0.25) is 0 Å². The molecule has 4 heteroatoms. The molecular formula is C27H38F2O2. The Kier molecular flexibility index (Phi) is 8.90. The Bertz CT molecular complexity index is 876. The van der Waals surface area contributed by atoms with E-state index in [9.17, 15) is 13.9 Å². The number of phenols is 1. The van der Waals surface area contributed by atoms with Crippen LogP contribution in [0.5, 0.6) is 11.5 Å². The van der Waals surface area contributed by atoms with Gasteiger partial charge >= 0.3 is 0 Å². The summed E-state index contributed by atoms with van der Waals surface area (Å²) in [7, 11) is 0. The second kappa shape index (κ2) is 11.0. The van der Waals surface area contributed by atoms with E-state index in [1.165, 1.54) is 11.1 Å². The van der Waals surface area contributed by atoms with E-state index in [1.54, 1.807) is 0 Å². The quantitative estimate of drug-likeness (QED) is 0.397. The number of allylic oxidation sites excluding steroid dienone is 5. The summed E-state index contributed by atoms with van der Waals surface area (Å²) < 4.78 is 30.7. The maximum atomic E-state index is 12.1. The first-order valence-corrected chi connectivity index (χ1v) is 11.4. The van der Waals surface area contributed by atoms with Crippen LogP contribution in [0.2, 0.25) is 0 Å². The molecule has 1 aromatic rings. The molecule has 2 rings (SSSR count). The summed E-state index contributed by atoms with van der Waals surface area (Å²) in [5.74, 6) is 1.36. The number of benzene rings is 1. The lowest BCUT2D eigenvalue weighted by molar-refractivity contribution is 0.0558. The van der Waals surface area contributed by atoms with Crippen molar-refractivity contribution >= 4 is 0 Å². The second-order valence-corrected chi connectivity index (χ2v) is 9.29. The van der Waals surface area contributed by atoms with Crippen LogP contribution in [0.3, 0.4) is 0 Å². The highest BCUT2D eigenvalue weighted by molar-refractivity contribution is 5.58. The van der Waals surface area contributed by atoms with E-state index in [4.69, 9.17) is 4.74 Å². The molecule has 1 N–H and O–H groups in total. The van der Waals surface area contributed by atoms with Crippen LogP contribution in [0, 0.1) is 20.8 Å². The van der Waals surface area contributed by atoms with Crippen molar-refractivity contribution in [2.24, 2.45) is 0 Å². The lowest BCUT2D eigenvalue weighted by Crippen LogP contribution is -2.37. The Morgan fingerprint density at radius 1 is 0.935 bits per heavy atom. The highest BCUT2D eigenvalue weighted by Gasteiger charge is 2.33. The van der Waals surface area contributed by atoms with E-state index < -0.39 is 6.08 Å². The van der Waals surface area contributed by atoms with Gasteiger partial charge in [-0.1, -0.05) is 23.3 Å². The van der Waals surface area contributed by atoms with Crippen LogP contribution in [0.15, 0.2) is 35.5 Å².